The molecule has 0 aliphatic heterocycles. The molecule has 0 atom stereocenters. The lowest BCUT2D eigenvalue weighted by Crippen LogP contribution is -2.00. The van der Waals surface area contributed by atoms with Crippen LogP contribution < -0.4 is 5.73 Å². The van der Waals surface area contributed by atoms with Gasteiger partial charge in [0.2, 0.25) is 0 Å². The van der Waals surface area contributed by atoms with Gasteiger partial charge in [0.15, 0.2) is 0 Å². The molecule has 0 aliphatic rings. The number of rotatable bonds is 2. The fourth-order valence-electron chi connectivity index (χ4n) is 2.15. The second-order valence-corrected chi connectivity index (χ2v) is 4.51. The lowest BCUT2D eigenvalue weighted by atomic mass is 10.0. The molecular weight excluding hydrogens is 260 g/mol. The first-order valence-corrected chi connectivity index (χ1v) is 6.47. The molecule has 0 bridgehead atoms. The quantitative estimate of drug-likeness (QED) is 0.776. The number of nitrogen functional groups attached to an aromatic ring is 1. The van der Waals surface area contributed by atoms with Gasteiger partial charge in [0.25, 0.3) is 0 Å². The summed E-state index contributed by atoms with van der Waals surface area (Å²) in [6.45, 7) is 0. The zero-order valence-corrected chi connectivity index (χ0v) is 11.2. The molecule has 0 unspecified atom stereocenters. The van der Waals surface area contributed by atoms with E-state index < -0.39 is 0 Å². The number of nitrogens with zero attached hydrogens (tertiary/aromatic N) is 3. The maximum absolute atomic E-state index is 9.16. The van der Waals surface area contributed by atoms with Gasteiger partial charge < -0.3 is 5.73 Å². The number of anilines is 1. The first-order chi connectivity index (χ1) is 10.3. The molecule has 0 saturated carbocycles. The third kappa shape index (κ3) is 2.45. The summed E-state index contributed by atoms with van der Waals surface area (Å²) in [4.78, 5) is 8.76. The highest BCUT2D eigenvalue weighted by Gasteiger charge is 2.13. The third-order valence-corrected chi connectivity index (χ3v) is 3.16. The number of hydrogen-bond acceptors (Lipinski definition) is 4. The maximum atomic E-state index is 9.16. The molecule has 3 aromatic rings. The van der Waals surface area contributed by atoms with Gasteiger partial charge >= 0.3 is 0 Å². The van der Waals surface area contributed by atoms with E-state index in [0.29, 0.717) is 5.56 Å². The zero-order chi connectivity index (χ0) is 14.7. The fraction of sp³-hybridized carbons (Fsp3) is 0. The maximum Gasteiger partial charge on any atom is 0.142 e. The smallest absolute Gasteiger partial charge is 0.142 e. The predicted molar refractivity (Wildman–Crippen MR) is 82.0 cm³/mol. The minimum Gasteiger partial charge on any atom is -0.383 e. The van der Waals surface area contributed by atoms with Crippen LogP contribution in [0, 0.1) is 11.3 Å². The van der Waals surface area contributed by atoms with E-state index in [2.05, 4.69) is 16.0 Å². The second kappa shape index (κ2) is 5.43. The van der Waals surface area contributed by atoms with Crippen molar-refractivity contribution in [3.63, 3.8) is 0 Å². The Morgan fingerprint density at radius 2 is 1.76 bits per heavy atom. The van der Waals surface area contributed by atoms with Gasteiger partial charge in [-0.25, -0.2) is 4.98 Å². The molecule has 0 radical (unpaired) electrons. The van der Waals surface area contributed by atoms with E-state index >= 15 is 0 Å². The number of nitriles is 1. The largest absolute Gasteiger partial charge is 0.383 e. The molecule has 100 valence electrons. The molecule has 0 amide bonds. The monoisotopic (exact) mass is 272 g/mol. The Kier molecular flexibility index (Phi) is 3.32. The summed E-state index contributed by atoms with van der Waals surface area (Å²) in [6.07, 6.45) is 1.71. The van der Waals surface area contributed by atoms with Crippen molar-refractivity contribution in [2.75, 3.05) is 5.73 Å². The molecule has 0 saturated heterocycles. The summed E-state index contributed by atoms with van der Waals surface area (Å²) < 4.78 is 0. The van der Waals surface area contributed by atoms with Crippen molar-refractivity contribution in [1.29, 1.82) is 5.26 Å². The van der Waals surface area contributed by atoms with Crippen molar-refractivity contribution in [3.05, 3.63) is 66.4 Å². The van der Waals surface area contributed by atoms with Crippen LogP contribution in [0.2, 0.25) is 0 Å². The number of benzene rings is 1. The number of nitrogens with two attached hydrogens (primary N) is 1. The average Bonchev–Trinajstić information content (AvgIpc) is 2.56. The van der Waals surface area contributed by atoms with Gasteiger partial charge in [-0.3, -0.25) is 4.98 Å². The summed E-state index contributed by atoms with van der Waals surface area (Å²) in [5, 5.41) is 9.16. The van der Waals surface area contributed by atoms with Gasteiger partial charge in [-0.15, -0.1) is 0 Å². The van der Waals surface area contributed by atoms with Gasteiger partial charge in [0.1, 0.15) is 11.9 Å². The molecule has 3 rings (SSSR count). The molecule has 2 N–H and O–H groups in total. The Morgan fingerprint density at radius 3 is 2.43 bits per heavy atom. The minimum atomic E-state index is 0.232. The SMILES string of the molecule is N#Cc1cc(-c2ccccn2)c(-c2ccccc2)nc1N. The predicted octanol–water partition coefficient (Wildman–Crippen LogP) is 3.26. The van der Waals surface area contributed by atoms with Gasteiger partial charge in [-0.1, -0.05) is 36.4 Å². The number of pyridine rings is 2. The van der Waals surface area contributed by atoms with Crippen molar-refractivity contribution >= 4 is 5.82 Å². The van der Waals surface area contributed by atoms with Crippen LogP contribution in [0.5, 0.6) is 0 Å². The zero-order valence-electron chi connectivity index (χ0n) is 11.2. The molecule has 2 aromatic heterocycles. The molecule has 4 nitrogen and oxygen atoms in total. The molecule has 1 aromatic carbocycles. The van der Waals surface area contributed by atoms with Crippen molar-refractivity contribution in [1.82, 2.24) is 9.97 Å². The van der Waals surface area contributed by atoms with Crippen LogP contribution in [0.4, 0.5) is 5.82 Å². The van der Waals surface area contributed by atoms with E-state index in [4.69, 9.17) is 11.0 Å². The number of aromatic nitrogens is 2. The molecule has 0 spiro atoms. The van der Waals surface area contributed by atoms with Crippen molar-refractivity contribution < 1.29 is 0 Å². The van der Waals surface area contributed by atoms with Crippen LogP contribution in [-0.4, -0.2) is 9.97 Å². The van der Waals surface area contributed by atoms with Crippen LogP contribution in [0.15, 0.2) is 60.8 Å². The Morgan fingerprint density at radius 1 is 1.00 bits per heavy atom. The highest BCUT2D eigenvalue weighted by Crippen LogP contribution is 2.31. The highest BCUT2D eigenvalue weighted by atomic mass is 14.9. The minimum absolute atomic E-state index is 0.232. The Hall–Kier alpha value is -3.19. The van der Waals surface area contributed by atoms with Crippen molar-refractivity contribution in [3.8, 4) is 28.6 Å². The Labute approximate surface area is 122 Å². The van der Waals surface area contributed by atoms with Gasteiger partial charge in [0.05, 0.1) is 17.0 Å². The average molecular weight is 272 g/mol. The highest BCUT2D eigenvalue weighted by molar-refractivity contribution is 5.81. The van der Waals surface area contributed by atoms with E-state index in [1.165, 1.54) is 0 Å². The van der Waals surface area contributed by atoms with Crippen LogP contribution in [0.1, 0.15) is 5.56 Å². The standard InChI is InChI=1S/C17H12N4/c18-11-13-10-14(15-8-4-5-9-20-15)16(21-17(13)19)12-6-2-1-3-7-12/h1-10H,(H2,19,21). The van der Waals surface area contributed by atoms with E-state index in [-0.39, 0.29) is 5.82 Å². The first-order valence-electron chi connectivity index (χ1n) is 6.47. The summed E-state index contributed by atoms with van der Waals surface area (Å²) in [6, 6.07) is 19.2. The van der Waals surface area contributed by atoms with Gasteiger partial charge in [-0.05, 0) is 18.2 Å². The van der Waals surface area contributed by atoms with Crippen LogP contribution in [-0.2, 0) is 0 Å². The molecule has 0 aliphatic carbocycles. The summed E-state index contributed by atoms with van der Waals surface area (Å²) >= 11 is 0. The fourth-order valence-corrected chi connectivity index (χ4v) is 2.15. The van der Waals surface area contributed by atoms with Gasteiger partial charge in [0, 0.05) is 17.3 Å². The summed E-state index contributed by atoms with van der Waals surface area (Å²) in [7, 11) is 0. The van der Waals surface area contributed by atoms with E-state index in [1.807, 2.05) is 48.5 Å². The Bertz CT molecular complexity index is 805. The molecule has 0 fully saturated rings. The van der Waals surface area contributed by atoms with Crippen molar-refractivity contribution in [2.24, 2.45) is 0 Å². The number of hydrogen-bond donors (Lipinski definition) is 1. The second-order valence-electron chi connectivity index (χ2n) is 4.51. The van der Waals surface area contributed by atoms with Crippen molar-refractivity contribution in [2.45, 2.75) is 0 Å². The normalized spacial score (nSPS) is 10.0. The lowest BCUT2D eigenvalue weighted by molar-refractivity contribution is 1.27. The van der Waals surface area contributed by atoms with Crippen LogP contribution in [0.25, 0.3) is 22.5 Å². The first kappa shape index (κ1) is 12.8. The van der Waals surface area contributed by atoms with E-state index in [1.54, 1.807) is 12.3 Å². The molecular formula is C17H12N4. The molecule has 2 heterocycles. The van der Waals surface area contributed by atoms with Gasteiger partial charge in [-0.2, -0.15) is 5.26 Å². The van der Waals surface area contributed by atoms with E-state index in [9.17, 15) is 0 Å². The lowest BCUT2D eigenvalue weighted by Gasteiger charge is -2.10. The summed E-state index contributed by atoms with van der Waals surface area (Å²) in [5.74, 6) is 0.232. The Balaban J connectivity index is 2.29. The summed E-state index contributed by atoms with van der Waals surface area (Å²) in [5.41, 5.74) is 9.45. The van der Waals surface area contributed by atoms with E-state index in [0.717, 1.165) is 22.5 Å². The third-order valence-electron chi connectivity index (χ3n) is 3.16. The van der Waals surface area contributed by atoms with Crippen LogP contribution >= 0.6 is 0 Å². The molecule has 21 heavy (non-hydrogen) atoms. The molecule has 4 heteroatoms. The topological polar surface area (TPSA) is 75.6 Å². The van der Waals surface area contributed by atoms with Crippen LogP contribution in [0.3, 0.4) is 0 Å².